The van der Waals surface area contributed by atoms with Gasteiger partial charge < -0.3 is 33.5 Å². The van der Waals surface area contributed by atoms with Crippen LogP contribution in [0.3, 0.4) is 0 Å². The molecule has 0 unspecified atom stereocenters. The van der Waals surface area contributed by atoms with Crippen molar-refractivity contribution in [1.29, 1.82) is 0 Å². The second-order valence-electron chi connectivity index (χ2n) is 10.8. The molecule has 0 bridgehead atoms. The van der Waals surface area contributed by atoms with Crippen molar-refractivity contribution in [3.05, 3.63) is 47.5 Å². The SMILES string of the molecule is COc1cc(/C=C/C(=O)N2CCOCC2)ccc1OCCCCCCOc1cc2c(cc1OC)C(=O)N1CCC[C@H]1C=N2. The Kier molecular flexibility index (Phi) is 10.5. The summed E-state index contributed by atoms with van der Waals surface area (Å²) in [6.07, 6.45) is 11.0. The Morgan fingerprint density at radius 3 is 2.40 bits per heavy atom. The van der Waals surface area contributed by atoms with Crippen molar-refractivity contribution < 1.29 is 33.3 Å². The zero-order valence-electron chi connectivity index (χ0n) is 25.1. The van der Waals surface area contributed by atoms with Crippen molar-refractivity contribution in [1.82, 2.24) is 9.80 Å². The number of aliphatic imine (C=N–C) groups is 1. The third-order valence-electron chi connectivity index (χ3n) is 7.94. The first kappa shape index (κ1) is 30.4. The molecule has 1 atom stereocenters. The van der Waals surface area contributed by atoms with E-state index in [9.17, 15) is 9.59 Å². The van der Waals surface area contributed by atoms with Gasteiger partial charge in [0.1, 0.15) is 0 Å². The number of fused-ring (bicyclic) bond motifs is 2. The fourth-order valence-corrected chi connectivity index (χ4v) is 5.51. The van der Waals surface area contributed by atoms with Crippen LogP contribution in [0.4, 0.5) is 5.69 Å². The molecule has 3 aliphatic rings. The van der Waals surface area contributed by atoms with E-state index in [-0.39, 0.29) is 17.9 Å². The highest BCUT2D eigenvalue weighted by Crippen LogP contribution is 2.38. The van der Waals surface area contributed by atoms with E-state index in [1.807, 2.05) is 35.4 Å². The van der Waals surface area contributed by atoms with E-state index in [1.54, 1.807) is 37.3 Å². The lowest BCUT2D eigenvalue weighted by Gasteiger charge is -2.25. The van der Waals surface area contributed by atoms with Gasteiger partial charge in [-0.1, -0.05) is 6.07 Å². The van der Waals surface area contributed by atoms with E-state index in [1.165, 1.54) is 0 Å². The van der Waals surface area contributed by atoms with Crippen molar-refractivity contribution in [2.45, 2.75) is 44.6 Å². The molecular weight excluding hydrogens is 550 g/mol. The molecule has 2 fully saturated rings. The van der Waals surface area contributed by atoms with Crippen LogP contribution in [0.15, 0.2) is 41.4 Å². The molecule has 2 amide bonds. The van der Waals surface area contributed by atoms with Gasteiger partial charge in [0, 0.05) is 38.0 Å². The summed E-state index contributed by atoms with van der Waals surface area (Å²) in [7, 11) is 3.20. The number of carbonyl (C=O) groups is 2. The molecule has 0 spiro atoms. The molecule has 0 aromatic heterocycles. The van der Waals surface area contributed by atoms with Gasteiger partial charge in [-0.15, -0.1) is 0 Å². The number of benzene rings is 2. The zero-order chi connectivity index (χ0) is 30.0. The van der Waals surface area contributed by atoms with Crippen LogP contribution in [0.2, 0.25) is 0 Å². The maximum absolute atomic E-state index is 13.0. The van der Waals surface area contributed by atoms with Gasteiger partial charge in [-0.3, -0.25) is 14.6 Å². The van der Waals surface area contributed by atoms with E-state index < -0.39 is 0 Å². The van der Waals surface area contributed by atoms with Gasteiger partial charge in [-0.2, -0.15) is 0 Å². The van der Waals surface area contributed by atoms with Gasteiger partial charge in [-0.05, 0) is 68.4 Å². The summed E-state index contributed by atoms with van der Waals surface area (Å²) in [6, 6.07) is 9.30. The number of ether oxygens (including phenoxy) is 5. The van der Waals surface area contributed by atoms with Gasteiger partial charge in [0.15, 0.2) is 23.0 Å². The number of hydrogen-bond donors (Lipinski definition) is 0. The first-order valence-corrected chi connectivity index (χ1v) is 15.1. The smallest absolute Gasteiger partial charge is 0.256 e. The van der Waals surface area contributed by atoms with Crippen LogP contribution in [0.1, 0.15) is 54.4 Å². The molecule has 10 heteroatoms. The van der Waals surface area contributed by atoms with Crippen LogP contribution in [-0.2, 0) is 9.53 Å². The fourth-order valence-electron chi connectivity index (χ4n) is 5.51. The molecule has 0 N–H and O–H groups in total. The summed E-state index contributed by atoms with van der Waals surface area (Å²) in [4.78, 5) is 33.7. The van der Waals surface area contributed by atoms with Crippen LogP contribution in [0.5, 0.6) is 23.0 Å². The van der Waals surface area contributed by atoms with Gasteiger partial charge in [0.2, 0.25) is 5.91 Å². The average Bonchev–Trinajstić information content (AvgIpc) is 3.48. The number of hydrogen-bond acceptors (Lipinski definition) is 8. The summed E-state index contributed by atoms with van der Waals surface area (Å²) >= 11 is 0. The minimum atomic E-state index is -0.0175. The van der Waals surface area contributed by atoms with E-state index in [4.69, 9.17) is 23.7 Å². The van der Waals surface area contributed by atoms with Crippen molar-refractivity contribution in [2.24, 2.45) is 4.99 Å². The van der Waals surface area contributed by atoms with Gasteiger partial charge >= 0.3 is 0 Å². The topological polar surface area (TPSA) is 99.1 Å². The molecule has 230 valence electrons. The molecule has 0 saturated carbocycles. The summed E-state index contributed by atoms with van der Waals surface area (Å²) in [5, 5.41) is 0. The molecule has 2 aromatic rings. The van der Waals surface area contributed by atoms with E-state index in [0.29, 0.717) is 73.8 Å². The minimum Gasteiger partial charge on any atom is -0.493 e. The summed E-state index contributed by atoms with van der Waals surface area (Å²) in [6.45, 7) is 4.27. The molecule has 5 rings (SSSR count). The number of morpholine rings is 1. The Hall–Kier alpha value is -4.05. The number of methoxy groups -OCH3 is 2. The highest BCUT2D eigenvalue weighted by Gasteiger charge is 2.32. The van der Waals surface area contributed by atoms with E-state index >= 15 is 0 Å². The van der Waals surface area contributed by atoms with Crippen LogP contribution in [-0.4, -0.2) is 94.2 Å². The molecular formula is C33H41N3O7. The number of amides is 2. The second-order valence-corrected chi connectivity index (χ2v) is 10.8. The predicted molar refractivity (Wildman–Crippen MR) is 164 cm³/mol. The maximum Gasteiger partial charge on any atom is 0.256 e. The number of rotatable bonds is 13. The van der Waals surface area contributed by atoms with Gasteiger partial charge in [0.05, 0.1) is 57.9 Å². The second kappa shape index (κ2) is 14.9. The zero-order valence-corrected chi connectivity index (χ0v) is 25.1. The van der Waals surface area contributed by atoms with Gasteiger partial charge in [-0.25, -0.2) is 0 Å². The Balaban J connectivity index is 1.03. The fraction of sp³-hybridized carbons (Fsp3) is 0.485. The van der Waals surface area contributed by atoms with Crippen LogP contribution in [0.25, 0.3) is 6.08 Å². The number of nitrogens with zero attached hydrogens (tertiary/aromatic N) is 3. The molecule has 3 aliphatic heterocycles. The summed E-state index contributed by atoms with van der Waals surface area (Å²) < 4.78 is 28.4. The van der Waals surface area contributed by atoms with Crippen LogP contribution < -0.4 is 18.9 Å². The summed E-state index contributed by atoms with van der Waals surface area (Å²) in [5.41, 5.74) is 2.07. The molecule has 2 saturated heterocycles. The molecule has 10 nitrogen and oxygen atoms in total. The van der Waals surface area contributed by atoms with Crippen LogP contribution >= 0.6 is 0 Å². The van der Waals surface area contributed by atoms with E-state index in [2.05, 4.69) is 4.99 Å². The number of carbonyl (C=O) groups excluding carboxylic acids is 2. The molecule has 0 aliphatic carbocycles. The lowest BCUT2D eigenvalue weighted by molar-refractivity contribution is -0.129. The molecule has 3 heterocycles. The first-order chi connectivity index (χ1) is 21.1. The third-order valence-corrected chi connectivity index (χ3v) is 7.94. The maximum atomic E-state index is 13.0. The van der Waals surface area contributed by atoms with Crippen LogP contribution in [0, 0.1) is 0 Å². The molecule has 2 aromatic carbocycles. The number of unbranched alkanes of at least 4 members (excludes halogenated alkanes) is 3. The van der Waals surface area contributed by atoms with Crippen molar-refractivity contribution in [3.8, 4) is 23.0 Å². The first-order valence-electron chi connectivity index (χ1n) is 15.1. The van der Waals surface area contributed by atoms with E-state index in [0.717, 1.165) is 50.6 Å². The quantitative estimate of drug-likeness (QED) is 0.241. The minimum absolute atomic E-state index is 0.00318. The van der Waals surface area contributed by atoms with Crippen molar-refractivity contribution in [3.63, 3.8) is 0 Å². The monoisotopic (exact) mass is 591 g/mol. The molecule has 43 heavy (non-hydrogen) atoms. The largest absolute Gasteiger partial charge is 0.493 e. The Bertz CT molecular complexity index is 1340. The average molecular weight is 592 g/mol. The Morgan fingerprint density at radius 1 is 0.930 bits per heavy atom. The highest BCUT2D eigenvalue weighted by molar-refractivity contribution is 6.03. The van der Waals surface area contributed by atoms with Crippen molar-refractivity contribution >= 4 is 29.8 Å². The lowest BCUT2D eigenvalue weighted by Crippen LogP contribution is -2.39. The van der Waals surface area contributed by atoms with Gasteiger partial charge in [0.25, 0.3) is 5.91 Å². The third kappa shape index (κ3) is 7.67. The standard InChI is InChI=1S/C33H41N3O7/c1-39-29-20-24(10-12-32(37)35-14-18-41-19-15-35)9-11-28(29)42-16-5-3-4-6-17-43-31-22-27-26(21-30(31)40-2)33(38)36-13-7-8-25(36)23-34-27/h9-12,20-23,25H,3-8,13-19H2,1-2H3/b12-10+/t25-/m0/s1. The Labute approximate surface area is 253 Å². The lowest BCUT2D eigenvalue weighted by atomic mass is 10.1. The normalized spacial score (nSPS) is 17.9. The Morgan fingerprint density at radius 2 is 1.65 bits per heavy atom. The predicted octanol–water partition coefficient (Wildman–Crippen LogP) is 4.91. The molecule has 0 radical (unpaired) electrons. The summed E-state index contributed by atoms with van der Waals surface area (Å²) in [5.74, 6) is 2.45. The van der Waals surface area contributed by atoms with Crippen molar-refractivity contribution in [2.75, 3.05) is 60.3 Å². The highest BCUT2D eigenvalue weighted by atomic mass is 16.5.